The molecule has 0 fully saturated rings. The molecule has 1 heterocycles. The van der Waals surface area contributed by atoms with E-state index in [9.17, 15) is 0 Å². The lowest BCUT2D eigenvalue weighted by Gasteiger charge is -2.12. The summed E-state index contributed by atoms with van der Waals surface area (Å²) in [6, 6.07) is 0.201. The molecule has 1 aromatic rings. The van der Waals surface area contributed by atoms with Crippen LogP contribution in [-0.2, 0) is 6.54 Å². The summed E-state index contributed by atoms with van der Waals surface area (Å²) < 4.78 is 0. The van der Waals surface area contributed by atoms with Crippen LogP contribution >= 0.6 is 11.3 Å². The van der Waals surface area contributed by atoms with Gasteiger partial charge in [0.2, 0.25) is 0 Å². The van der Waals surface area contributed by atoms with Gasteiger partial charge in [-0.1, -0.05) is 6.92 Å². The molecule has 1 rings (SSSR count). The second-order valence-electron chi connectivity index (χ2n) is 2.65. The Morgan fingerprint density at radius 2 is 2.58 bits per heavy atom. The normalized spacial score (nSPS) is 13.2. The highest BCUT2D eigenvalue weighted by Crippen LogP contribution is 2.01. The molecule has 0 aliphatic carbocycles. The number of aliphatic hydroxyl groups is 1. The third kappa shape index (κ3) is 2.89. The monoisotopic (exact) mass is 186 g/mol. The molecular formula is C8H14N2OS. The quantitative estimate of drug-likeness (QED) is 0.721. The SMILES string of the molecule is CC[C@@H](CO)NCc1cscn1. The Bertz CT molecular complexity index is 197. The van der Waals surface area contributed by atoms with Crippen LogP contribution in [0.15, 0.2) is 10.9 Å². The molecule has 12 heavy (non-hydrogen) atoms. The molecule has 0 bridgehead atoms. The Morgan fingerprint density at radius 3 is 3.08 bits per heavy atom. The van der Waals surface area contributed by atoms with E-state index in [-0.39, 0.29) is 12.6 Å². The van der Waals surface area contributed by atoms with Crippen molar-refractivity contribution >= 4 is 11.3 Å². The molecule has 0 aromatic carbocycles. The largest absolute Gasteiger partial charge is 0.395 e. The fourth-order valence-corrected chi connectivity index (χ4v) is 1.47. The molecule has 0 amide bonds. The van der Waals surface area contributed by atoms with Gasteiger partial charge in [0.25, 0.3) is 0 Å². The number of nitrogens with one attached hydrogen (secondary N) is 1. The topological polar surface area (TPSA) is 45.1 Å². The van der Waals surface area contributed by atoms with Crippen molar-refractivity contribution in [3.63, 3.8) is 0 Å². The molecule has 1 atom stereocenters. The van der Waals surface area contributed by atoms with Crippen molar-refractivity contribution in [3.05, 3.63) is 16.6 Å². The van der Waals surface area contributed by atoms with Crippen LogP contribution in [0.4, 0.5) is 0 Å². The highest BCUT2D eigenvalue weighted by atomic mass is 32.1. The molecular weight excluding hydrogens is 172 g/mol. The average Bonchev–Trinajstić information content (AvgIpc) is 2.59. The Kier molecular flexibility index (Phi) is 4.21. The first-order valence-corrected chi connectivity index (χ1v) is 5.02. The standard InChI is InChI=1S/C8H14N2OS/c1-2-7(4-11)9-3-8-5-12-6-10-8/h5-7,9,11H,2-4H2,1H3/t7-/m0/s1. The number of hydrogen-bond donors (Lipinski definition) is 2. The molecule has 0 spiro atoms. The van der Waals surface area contributed by atoms with Gasteiger partial charge in [-0.25, -0.2) is 4.98 Å². The maximum Gasteiger partial charge on any atom is 0.0795 e. The Hall–Kier alpha value is -0.450. The summed E-state index contributed by atoms with van der Waals surface area (Å²) in [7, 11) is 0. The van der Waals surface area contributed by atoms with Gasteiger partial charge in [-0.05, 0) is 6.42 Å². The van der Waals surface area contributed by atoms with Gasteiger partial charge in [-0.3, -0.25) is 0 Å². The summed E-state index contributed by atoms with van der Waals surface area (Å²) >= 11 is 1.59. The molecule has 2 N–H and O–H groups in total. The number of rotatable bonds is 5. The van der Waals surface area contributed by atoms with Crippen LogP contribution < -0.4 is 5.32 Å². The fourth-order valence-electron chi connectivity index (χ4n) is 0.912. The smallest absolute Gasteiger partial charge is 0.0795 e. The van der Waals surface area contributed by atoms with E-state index in [1.807, 2.05) is 10.9 Å². The van der Waals surface area contributed by atoms with E-state index >= 15 is 0 Å². The molecule has 0 unspecified atom stereocenters. The zero-order valence-corrected chi connectivity index (χ0v) is 7.97. The van der Waals surface area contributed by atoms with Gasteiger partial charge in [-0.15, -0.1) is 11.3 Å². The first-order chi connectivity index (χ1) is 5.86. The van der Waals surface area contributed by atoms with Gasteiger partial charge in [0.15, 0.2) is 0 Å². The first kappa shape index (κ1) is 9.64. The van der Waals surface area contributed by atoms with Gasteiger partial charge < -0.3 is 10.4 Å². The van der Waals surface area contributed by atoms with Crippen LogP contribution in [0.1, 0.15) is 19.0 Å². The lowest BCUT2D eigenvalue weighted by molar-refractivity contribution is 0.238. The van der Waals surface area contributed by atoms with Gasteiger partial charge in [0.1, 0.15) is 0 Å². The molecule has 0 aliphatic heterocycles. The van der Waals surface area contributed by atoms with Crippen LogP contribution in [-0.4, -0.2) is 22.7 Å². The fraction of sp³-hybridized carbons (Fsp3) is 0.625. The Morgan fingerprint density at radius 1 is 1.75 bits per heavy atom. The van der Waals surface area contributed by atoms with E-state index in [1.54, 1.807) is 11.3 Å². The first-order valence-electron chi connectivity index (χ1n) is 4.08. The van der Waals surface area contributed by atoms with Crippen molar-refractivity contribution < 1.29 is 5.11 Å². The maximum absolute atomic E-state index is 8.87. The second kappa shape index (κ2) is 5.24. The molecule has 3 nitrogen and oxygen atoms in total. The Balaban J connectivity index is 2.25. The number of aromatic nitrogens is 1. The van der Waals surface area contributed by atoms with E-state index in [4.69, 9.17) is 5.11 Å². The van der Waals surface area contributed by atoms with Crippen LogP contribution in [0.5, 0.6) is 0 Å². The van der Waals surface area contributed by atoms with Crippen LogP contribution in [0.2, 0.25) is 0 Å². The predicted octanol–water partition coefficient (Wildman–Crippen LogP) is 1.00. The minimum Gasteiger partial charge on any atom is -0.395 e. The summed E-state index contributed by atoms with van der Waals surface area (Å²) in [6.45, 7) is 3.00. The van der Waals surface area contributed by atoms with E-state index in [1.165, 1.54) is 0 Å². The minimum absolute atomic E-state index is 0.195. The predicted molar refractivity (Wildman–Crippen MR) is 50.1 cm³/mol. The van der Waals surface area contributed by atoms with E-state index in [2.05, 4.69) is 17.2 Å². The van der Waals surface area contributed by atoms with E-state index in [0.29, 0.717) is 0 Å². The number of nitrogens with zero attached hydrogens (tertiary/aromatic N) is 1. The van der Waals surface area contributed by atoms with Gasteiger partial charge in [-0.2, -0.15) is 0 Å². The van der Waals surface area contributed by atoms with Crippen molar-refractivity contribution in [1.82, 2.24) is 10.3 Å². The van der Waals surface area contributed by atoms with E-state index < -0.39 is 0 Å². The highest BCUT2D eigenvalue weighted by molar-refractivity contribution is 7.07. The summed E-state index contributed by atoms with van der Waals surface area (Å²) in [5, 5.41) is 14.1. The van der Waals surface area contributed by atoms with Crippen molar-refractivity contribution in [3.8, 4) is 0 Å². The second-order valence-corrected chi connectivity index (χ2v) is 3.37. The number of aliphatic hydroxyl groups excluding tert-OH is 1. The molecule has 0 saturated carbocycles. The molecule has 0 aliphatic rings. The minimum atomic E-state index is 0.195. The molecule has 0 radical (unpaired) electrons. The third-order valence-corrected chi connectivity index (χ3v) is 2.40. The Labute approximate surface area is 76.5 Å². The van der Waals surface area contributed by atoms with Gasteiger partial charge >= 0.3 is 0 Å². The maximum atomic E-state index is 8.87. The number of hydrogen-bond acceptors (Lipinski definition) is 4. The molecule has 0 saturated heterocycles. The van der Waals surface area contributed by atoms with Crippen LogP contribution in [0, 0.1) is 0 Å². The zero-order chi connectivity index (χ0) is 8.81. The third-order valence-electron chi connectivity index (χ3n) is 1.77. The highest BCUT2D eigenvalue weighted by Gasteiger charge is 2.03. The van der Waals surface area contributed by atoms with Crippen molar-refractivity contribution in [2.75, 3.05) is 6.61 Å². The van der Waals surface area contributed by atoms with E-state index in [0.717, 1.165) is 18.7 Å². The summed E-state index contributed by atoms with van der Waals surface area (Å²) in [5.41, 5.74) is 2.86. The number of thiazole rings is 1. The lowest BCUT2D eigenvalue weighted by atomic mass is 10.2. The molecule has 68 valence electrons. The van der Waals surface area contributed by atoms with Gasteiger partial charge in [0, 0.05) is 18.0 Å². The van der Waals surface area contributed by atoms with Crippen molar-refractivity contribution in [2.24, 2.45) is 0 Å². The summed E-state index contributed by atoms with van der Waals surface area (Å²) in [6.07, 6.45) is 0.945. The van der Waals surface area contributed by atoms with Crippen LogP contribution in [0.3, 0.4) is 0 Å². The summed E-state index contributed by atoms with van der Waals surface area (Å²) in [5.74, 6) is 0. The average molecular weight is 186 g/mol. The van der Waals surface area contributed by atoms with Gasteiger partial charge in [0.05, 0.1) is 17.8 Å². The van der Waals surface area contributed by atoms with Crippen molar-refractivity contribution in [1.29, 1.82) is 0 Å². The molecule has 4 heteroatoms. The van der Waals surface area contributed by atoms with Crippen molar-refractivity contribution in [2.45, 2.75) is 25.9 Å². The zero-order valence-electron chi connectivity index (χ0n) is 7.16. The lowest BCUT2D eigenvalue weighted by Crippen LogP contribution is -2.31. The molecule has 1 aromatic heterocycles. The van der Waals surface area contributed by atoms with Crippen LogP contribution in [0.25, 0.3) is 0 Å². The summed E-state index contributed by atoms with van der Waals surface area (Å²) in [4.78, 5) is 4.13.